The molecule has 0 bridgehead atoms. The minimum atomic E-state index is -0.405. The van der Waals surface area contributed by atoms with E-state index in [2.05, 4.69) is 17.0 Å². The molecule has 6 heteroatoms. The molecule has 174 valence electrons. The zero-order valence-corrected chi connectivity index (χ0v) is 19.8. The van der Waals surface area contributed by atoms with Crippen LogP contribution in [0.5, 0.6) is 0 Å². The van der Waals surface area contributed by atoms with Crippen LogP contribution in [0.2, 0.25) is 5.02 Å². The number of primary amides is 1. The number of hydrogen-bond donors (Lipinski definition) is 1. The van der Waals surface area contributed by atoms with Crippen LogP contribution >= 0.6 is 11.6 Å². The molecular weight excluding hydrogens is 446 g/mol. The SMILES string of the molecule is NC(=O)c1cccc(CN2CCCC3(Cc4ccccc4N(C(=O)c4ccc(Cl)cc4)C3)C2)c1. The molecule has 2 heterocycles. The summed E-state index contributed by atoms with van der Waals surface area (Å²) in [5.74, 6) is -0.397. The van der Waals surface area contributed by atoms with Gasteiger partial charge in [-0.1, -0.05) is 41.9 Å². The van der Waals surface area contributed by atoms with Crippen LogP contribution in [0, 0.1) is 5.41 Å². The normalized spacial score (nSPS) is 20.2. The number of hydrogen-bond acceptors (Lipinski definition) is 3. The van der Waals surface area contributed by atoms with Gasteiger partial charge in [0.2, 0.25) is 5.91 Å². The van der Waals surface area contributed by atoms with Gasteiger partial charge in [-0.3, -0.25) is 14.5 Å². The Hall–Kier alpha value is -3.15. The second-order valence-corrected chi connectivity index (χ2v) is 10.0. The number of anilines is 1. The first-order valence-electron chi connectivity index (χ1n) is 11.7. The van der Waals surface area contributed by atoms with Crippen molar-refractivity contribution in [1.29, 1.82) is 0 Å². The van der Waals surface area contributed by atoms with Crippen LogP contribution in [0.1, 0.15) is 44.7 Å². The number of carbonyl (C=O) groups excluding carboxylic acids is 2. The summed E-state index contributed by atoms with van der Waals surface area (Å²) in [5.41, 5.74) is 9.94. The first-order valence-corrected chi connectivity index (χ1v) is 12.1. The molecule has 2 aliphatic heterocycles. The number of fused-ring (bicyclic) bond motifs is 1. The third-order valence-corrected chi connectivity index (χ3v) is 7.29. The van der Waals surface area contributed by atoms with Crippen molar-refractivity contribution in [3.05, 3.63) is 100 Å². The Balaban J connectivity index is 1.41. The fraction of sp³-hybridized carbons (Fsp3) is 0.286. The molecular formula is C28H28ClN3O2. The molecule has 1 atom stereocenters. The van der Waals surface area contributed by atoms with Crippen molar-refractivity contribution in [2.24, 2.45) is 11.1 Å². The summed E-state index contributed by atoms with van der Waals surface area (Å²) >= 11 is 6.05. The van der Waals surface area contributed by atoms with E-state index in [0.717, 1.165) is 50.1 Å². The first-order chi connectivity index (χ1) is 16.4. The molecule has 5 nitrogen and oxygen atoms in total. The summed E-state index contributed by atoms with van der Waals surface area (Å²) in [4.78, 5) is 29.6. The maximum absolute atomic E-state index is 13.6. The lowest BCUT2D eigenvalue weighted by molar-refractivity contribution is 0.0757. The monoisotopic (exact) mass is 473 g/mol. The van der Waals surface area contributed by atoms with E-state index in [1.165, 1.54) is 5.56 Å². The fourth-order valence-electron chi connectivity index (χ4n) is 5.53. The van der Waals surface area contributed by atoms with Crippen molar-refractivity contribution in [2.75, 3.05) is 24.5 Å². The van der Waals surface area contributed by atoms with Gasteiger partial charge >= 0.3 is 0 Å². The zero-order valence-electron chi connectivity index (χ0n) is 19.0. The average Bonchev–Trinajstić information content (AvgIpc) is 2.84. The highest BCUT2D eigenvalue weighted by atomic mass is 35.5. The number of nitrogens with zero attached hydrogens (tertiary/aromatic N) is 2. The largest absolute Gasteiger partial charge is 0.366 e. The van der Waals surface area contributed by atoms with Crippen molar-refractivity contribution in [2.45, 2.75) is 25.8 Å². The molecule has 34 heavy (non-hydrogen) atoms. The minimum absolute atomic E-state index is 0.00877. The van der Waals surface area contributed by atoms with Gasteiger partial charge in [0.25, 0.3) is 5.91 Å². The molecule has 0 saturated carbocycles. The molecule has 2 amide bonds. The summed E-state index contributed by atoms with van der Waals surface area (Å²) in [5, 5.41) is 0.621. The smallest absolute Gasteiger partial charge is 0.258 e. The number of para-hydroxylation sites is 1. The van der Waals surface area contributed by atoms with Gasteiger partial charge in [-0.15, -0.1) is 0 Å². The van der Waals surface area contributed by atoms with E-state index < -0.39 is 5.91 Å². The maximum atomic E-state index is 13.6. The minimum Gasteiger partial charge on any atom is -0.366 e. The molecule has 5 rings (SSSR count). The van der Waals surface area contributed by atoms with Crippen LogP contribution in [-0.4, -0.2) is 36.3 Å². The Labute approximate surface area is 205 Å². The summed E-state index contributed by atoms with van der Waals surface area (Å²) in [6.45, 7) is 3.33. The highest BCUT2D eigenvalue weighted by molar-refractivity contribution is 6.30. The average molecular weight is 474 g/mol. The molecule has 1 saturated heterocycles. The third-order valence-electron chi connectivity index (χ3n) is 7.04. The van der Waals surface area contributed by atoms with Gasteiger partial charge in [-0.25, -0.2) is 0 Å². The van der Waals surface area contributed by atoms with Crippen LogP contribution in [0.15, 0.2) is 72.8 Å². The predicted octanol–water partition coefficient (Wildman–Crippen LogP) is 4.92. The maximum Gasteiger partial charge on any atom is 0.258 e. The molecule has 0 aliphatic carbocycles. The van der Waals surface area contributed by atoms with Crippen LogP contribution in [0.25, 0.3) is 0 Å². The first kappa shape index (κ1) is 22.6. The number of amides is 2. The Kier molecular flexibility index (Phi) is 6.15. The van der Waals surface area contributed by atoms with Crippen LogP contribution in [0.4, 0.5) is 5.69 Å². The van der Waals surface area contributed by atoms with E-state index >= 15 is 0 Å². The van der Waals surface area contributed by atoms with E-state index in [1.54, 1.807) is 30.3 Å². The van der Waals surface area contributed by atoms with Crippen molar-refractivity contribution in [3.63, 3.8) is 0 Å². The van der Waals surface area contributed by atoms with E-state index in [-0.39, 0.29) is 11.3 Å². The van der Waals surface area contributed by atoms with E-state index in [9.17, 15) is 9.59 Å². The second kappa shape index (κ2) is 9.24. The standard InChI is InChI=1S/C28H28ClN3O2/c29-24-11-9-21(10-12-24)27(34)32-19-28(16-23-6-1-2-8-25(23)32)13-4-14-31(18-28)17-20-5-3-7-22(15-20)26(30)33/h1-3,5-12,15H,4,13-14,16-19H2,(H2,30,33). The number of likely N-dealkylation sites (tertiary alicyclic amines) is 1. The quantitative estimate of drug-likeness (QED) is 0.584. The van der Waals surface area contributed by atoms with Gasteiger partial charge in [-0.2, -0.15) is 0 Å². The summed E-state index contributed by atoms with van der Waals surface area (Å²) in [6, 6.07) is 22.9. The molecule has 0 radical (unpaired) electrons. The van der Waals surface area contributed by atoms with Crippen LogP contribution in [-0.2, 0) is 13.0 Å². The molecule has 0 aromatic heterocycles. The van der Waals surface area contributed by atoms with Crippen molar-refractivity contribution in [1.82, 2.24) is 4.90 Å². The van der Waals surface area contributed by atoms with E-state index in [4.69, 9.17) is 17.3 Å². The molecule has 2 aliphatic rings. The zero-order chi connectivity index (χ0) is 23.7. The van der Waals surface area contributed by atoms with Gasteiger partial charge < -0.3 is 10.6 Å². The van der Waals surface area contributed by atoms with Crippen molar-refractivity contribution in [3.8, 4) is 0 Å². The van der Waals surface area contributed by atoms with Gasteiger partial charge in [0.15, 0.2) is 0 Å². The summed E-state index contributed by atoms with van der Waals surface area (Å²) < 4.78 is 0. The fourth-order valence-corrected chi connectivity index (χ4v) is 5.66. The van der Waals surface area contributed by atoms with Crippen molar-refractivity contribution < 1.29 is 9.59 Å². The summed E-state index contributed by atoms with van der Waals surface area (Å²) in [7, 11) is 0. The molecule has 1 unspecified atom stereocenters. The Morgan fingerprint density at radius 2 is 1.74 bits per heavy atom. The molecule has 1 spiro atoms. The number of rotatable bonds is 4. The van der Waals surface area contributed by atoms with Crippen LogP contribution in [0.3, 0.4) is 0 Å². The van der Waals surface area contributed by atoms with E-state index in [0.29, 0.717) is 22.7 Å². The highest BCUT2D eigenvalue weighted by Crippen LogP contribution is 2.43. The number of piperidine rings is 1. The van der Waals surface area contributed by atoms with Crippen LogP contribution < -0.4 is 10.6 Å². The molecule has 3 aromatic rings. The lowest BCUT2D eigenvalue weighted by Gasteiger charge is -2.49. The van der Waals surface area contributed by atoms with Gasteiger partial charge in [0.1, 0.15) is 0 Å². The van der Waals surface area contributed by atoms with E-state index in [1.807, 2.05) is 35.2 Å². The number of nitrogens with two attached hydrogens (primary N) is 1. The van der Waals surface area contributed by atoms with Gasteiger partial charge in [-0.05, 0) is 79.4 Å². The number of halogens is 1. The Bertz CT molecular complexity index is 1230. The van der Waals surface area contributed by atoms with Gasteiger partial charge in [0.05, 0.1) is 0 Å². The lowest BCUT2D eigenvalue weighted by Crippen LogP contribution is -2.54. The molecule has 2 N–H and O–H groups in total. The molecule has 1 fully saturated rings. The Morgan fingerprint density at radius 1 is 0.941 bits per heavy atom. The topological polar surface area (TPSA) is 66.6 Å². The van der Waals surface area contributed by atoms with Crippen molar-refractivity contribution >= 4 is 29.1 Å². The summed E-state index contributed by atoms with van der Waals surface area (Å²) in [6.07, 6.45) is 3.09. The lowest BCUT2D eigenvalue weighted by atomic mass is 9.72. The van der Waals surface area contributed by atoms with Gasteiger partial charge in [0, 0.05) is 46.9 Å². The Morgan fingerprint density at radius 3 is 2.53 bits per heavy atom. The third kappa shape index (κ3) is 4.59. The highest BCUT2D eigenvalue weighted by Gasteiger charge is 2.42. The second-order valence-electron chi connectivity index (χ2n) is 9.58. The molecule has 3 aromatic carbocycles. The predicted molar refractivity (Wildman–Crippen MR) is 135 cm³/mol. The number of carbonyl (C=O) groups is 2. The number of benzene rings is 3.